The normalized spacial score (nSPS) is 19.9. The summed E-state index contributed by atoms with van der Waals surface area (Å²) >= 11 is 0. The molecule has 138 valence electrons. The van der Waals surface area contributed by atoms with Gasteiger partial charge in [0, 0.05) is 25.1 Å². The van der Waals surface area contributed by atoms with Gasteiger partial charge in [-0.05, 0) is 56.9 Å². The monoisotopic (exact) mass is 354 g/mol. The van der Waals surface area contributed by atoms with E-state index < -0.39 is 0 Å². The molecule has 1 unspecified atom stereocenters. The Morgan fingerprint density at radius 3 is 2.77 bits per heavy atom. The fraction of sp³-hybridized carbons (Fsp3) is 0.550. The largest absolute Gasteiger partial charge is 0.494 e. The number of carbonyl (C=O) groups excluding carboxylic acids is 1. The summed E-state index contributed by atoms with van der Waals surface area (Å²) in [5.41, 5.74) is 0.705. The third-order valence-corrected chi connectivity index (χ3v) is 5.36. The van der Waals surface area contributed by atoms with Gasteiger partial charge in [0.25, 0.3) is 5.91 Å². The highest BCUT2D eigenvalue weighted by Gasteiger charge is 2.34. The number of nitrogens with zero attached hydrogens (tertiary/aromatic N) is 4. The summed E-state index contributed by atoms with van der Waals surface area (Å²) in [5, 5.41) is 8.90. The van der Waals surface area contributed by atoms with Crippen LogP contribution in [0.1, 0.15) is 67.1 Å². The van der Waals surface area contributed by atoms with Crippen LogP contribution in [0.2, 0.25) is 0 Å². The average molecular weight is 354 g/mol. The van der Waals surface area contributed by atoms with Crippen LogP contribution in [-0.4, -0.2) is 38.7 Å². The van der Waals surface area contributed by atoms with Gasteiger partial charge in [-0.2, -0.15) is 0 Å². The Kier molecular flexibility index (Phi) is 4.91. The van der Waals surface area contributed by atoms with E-state index in [1.54, 1.807) is 0 Å². The van der Waals surface area contributed by atoms with Gasteiger partial charge in [-0.15, -0.1) is 10.2 Å². The minimum absolute atomic E-state index is 0.0356. The van der Waals surface area contributed by atoms with Crippen LogP contribution in [-0.2, 0) is 13.0 Å². The van der Waals surface area contributed by atoms with Crippen molar-refractivity contribution in [2.45, 2.75) is 58.0 Å². The number of benzene rings is 1. The summed E-state index contributed by atoms with van der Waals surface area (Å²) in [4.78, 5) is 15.1. The van der Waals surface area contributed by atoms with Crippen molar-refractivity contribution in [1.82, 2.24) is 19.7 Å². The number of fused-ring (bicyclic) bond motifs is 1. The summed E-state index contributed by atoms with van der Waals surface area (Å²) in [7, 11) is 0. The van der Waals surface area contributed by atoms with Gasteiger partial charge in [0.2, 0.25) is 0 Å². The molecular weight excluding hydrogens is 328 g/mol. The van der Waals surface area contributed by atoms with Crippen LogP contribution in [0.15, 0.2) is 24.3 Å². The quantitative estimate of drug-likeness (QED) is 0.844. The van der Waals surface area contributed by atoms with Crippen LogP contribution in [0, 0.1) is 0 Å². The third kappa shape index (κ3) is 3.20. The maximum absolute atomic E-state index is 13.1. The van der Waals surface area contributed by atoms with Crippen molar-refractivity contribution >= 4 is 5.91 Å². The van der Waals surface area contributed by atoms with E-state index in [1.165, 1.54) is 12.8 Å². The molecule has 1 amide bonds. The first kappa shape index (κ1) is 17.1. The summed E-state index contributed by atoms with van der Waals surface area (Å²) in [6, 6.07) is 7.48. The van der Waals surface area contributed by atoms with E-state index >= 15 is 0 Å². The number of ether oxygens (including phenoxy) is 1. The van der Waals surface area contributed by atoms with Crippen molar-refractivity contribution in [3.8, 4) is 5.75 Å². The van der Waals surface area contributed by atoms with Crippen LogP contribution in [0.3, 0.4) is 0 Å². The highest BCUT2D eigenvalue weighted by molar-refractivity contribution is 5.94. The Morgan fingerprint density at radius 2 is 1.96 bits per heavy atom. The number of aryl methyl sites for hydroxylation is 1. The number of carbonyl (C=O) groups is 1. The fourth-order valence-corrected chi connectivity index (χ4v) is 4.06. The molecule has 6 nitrogen and oxygen atoms in total. The first-order valence-electron chi connectivity index (χ1n) is 9.73. The minimum atomic E-state index is 0.0356. The summed E-state index contributed by atoms with van der Waals surface area (Å²) < 4.78 is 7.74. The molecule has 0 saturated carbocycles. The standard InChI is InChI=1S/C20H26N4O2/c1-2-26-16-11-9-15(10-12-16)20(25)23-14-6-7-17(23)19-22-21-18-8-4-3-5-13-24(18)19/h9-12,17H,2-8,13-14H2,1H3. The lowest BCUT2D eigenvalue weighted by molar-refractivity contribution is 0.0727. The molecule has 1 aromatic heterocycles. The van der Waals surface area contributed by atoms with E-state index in [4.69, 9.17) is 4.74 Å². The SMILES string of the molecule is CCOc1ccc(C(=O)N2CCCC2c2nnc3n2CCCCC3)cc1. The zero-order valence-electron chi connectivity index (χ0n) is 15.4. The highest BCUT2D eigenvalue weighted by Crippen LogP contribution is 2.33. The first-order valence-corrected chi connectivity index (χ1v) is 9.73. The molecule has 0 bridgehead atoms. The van der Waals surface area contributed by atoms with Gasteiger partial charge in [0.15, 0.2) is 5.82 Å². The Hall–Kier alpha value is -2.37. The van der Waals surface area contributed by atoms with E-state index in [0.29, 0.717) is 12.2 Å². The minimum Gasteiger partial charge on any atom is -0.494 e. The predicted octanol–water partition coefficient (Wildman–Crippen LogP) is 3.38. The van der Waals surface area contributed by atoms with Gasteiger partial charge in [-0.25, -0.2) is 0 Å². The van der Waals surface area contributed by atoms with Gasteiger partial charge in [0.05, 0.1) is 12.6 Å². The molecule has 1 saturated heterocycles. The Bertz CT molecular complexity index is 769. The van der Waals surface area contributed by atoms with Gasteiger partial charge >= 0.3 is 0 Å². The zero-order valence-corrected chi connectivity index (χ0v) is 15.4. The molecule has 0 aliphatic carbocycles. The molecule has 2 aromatic rings. The van der Waals surface area contributed by atoms with Crippen molar-refractivity contribution in [2.24, 2.45) is 0 Å². The molecule has 0 radical (unpaired) electrons. The second-order valence-corrected chi connectivity index (χ2v) is 7.05. The fourth-order valence-electron chi connectivity index (χ4n) is 4.06. The maximum Gasteiger partial charge on any atom is 0.254 e. The molecule has 26 heavy (non-hydrogen) atoms. The molecule has 0 spiro atoms. The number of rotatable bonds is 4. The van der Waals surface area contributed by atoms with E-state index in [-0.39, 0.29) is 11.9 Å². The number of aromatic nitrogens is 3. The number of likely N-dealkylation sites (tertiary alicyclic amines) is 1. The highest BCUT2D eigenvalue weighted by atomic mass is 16.5. The molecule has 1 atom stereocenters. The van der Waals surface area contributed by atoms with Crippen molar-refractivity contribution in [3.05, 3.63) is 41.5 Å². The molecular formula is C20H26N4O2. The zero-order chi connectivity index (χ0) is 17.9. The van der Waals surface area contributed by atoms with Crippen LogP contribution in [0.25, 0.3) is 0 Å². The number of hydrogen-bond acceptors (Lipinski definition) is 4. The smallest absolute Gasteiger partial charge is 0.254 e. The molecule has 1 aromatic carbocycles. The lowest BCUT2D eigenvalue weighted by Gasteiger charge is -2.25. The second kappa shape index (κ2) is 7.48. The Morgan fingerprint density at radius 1 is 1.12 bits per heavy atom. The second-order valence-electron chi connectivity index (χ2n) is 7.05. The van der Waals surface area contributed by atoms with E-state index in [9.17, 15) is 4.79 Å². The van der Waals surface area contributed by atoms with Gasteiger partial charge in [-0.3, -0.25) is 4.79 Å². The van der Waals surface area contributed by atoms with Crippen molar-refractivity contribution in [3.63, 3.8) is 0 Å². The first-order chi connectivity index (χ1) is 12.8. The summed E-state index contributed by atoms with van der Waals surface area (Å²) in [6.45, 7) is 4.33. The Labute approximate surface area is 154 Å². The maximum atomic E-state index is 13.1. The lowest BCUT2D eigenvalue weighted by Crippen LogP contribution is -2.32. The van der Waals surface area contributed by atoms with E-state index in [2.05, 4.69) is 14.8 Å². The van der Waals surface area contributed by atoms with Crippen molar-refractivity contribution in [2.75, 3.05) is 13.2 Å². The molecule has 0 N–H and O–H groups in total. The van der Waals surface area contributed by atoms with Crippen LogP contribution in [0.5, 0.6) is 5.75 Å². The number of amides is 1. The molecule has 4 rings (SSSR count). The van der Waals surface area contributed by atoms with E-state index in [0.717, 1.165) is 56.2 Å². The van der Waals surface area contributed by atoms with Gasteiger partial charge in [0.1, 0.15) is 11.6 Å². The molecule has 6 heteroatoms. The van der Waals surface area contributed by atoms with E-state index in [1.807, 2.05) is 36.1 Å². The molecule has 1 fully saturated rings. The summed E-state index contributed by atoms with van der Waals surface area (Å²) in [5.74, 6) is 2.92. The molecule has 2 aliphatic rings. The van der Waals surface area contributed by atoms with Crippen LogP contribution < -0.4 is 4.74 Å². The van der Waals surface area contributed by atoms with Gasteiger partial charge < -0.3 is 14.2 Å². The lowest BCUT2D eigenvalue weighted by atomic mass is 10.1. The van der Waals surface area contributed by atoms with Crippen LogP contribution in [0.4, 0.5) is 0 Å². The average Bonchev–Trinajstić information content (AvgIpc) is 3.23. The van der Waals surface area contributed by atoms with Crippen molar-refractivity contribution in [1.29, 1.82) is 0 Å². The Balaban J connectivity index is 1.57. The van der Waals surface area contributed by atoms with Gasteiger partial charge in [-0.1, -0.05) is 6.42 Å². The topological polar surface area (TPSA) is 60.2 Å². The van der Waals surface area contributed by atoms with Crippen LogP contribution >= 0.6 is 0 Å². The predicted molar refractivity (Wildman–Crippen MR) is 98.2 cm³/mol. The molecule has 3 heterocycles. The summed E-state index contributed by atoms with van der Waals surface area (Å²) in [6.07, 6.45) is 6.54. The molecule has 2 aliphatic heterocycles. The number of hydrogen-bond donors (Lipinski definition) is 0. The third-order valence-electron chi connectivity index (χ3n) is 5.36. The van der Waals surface area contributed by atoms with Crippen molar-refractivity contribution < 1.29 is 9.53 Å².